The molecule has 1 aliphatic rings. The topological polar surface area (TPSA) is 80.2 Å². The summed E-state index contributed by atoms with van der Waals surface area (Å²) in [5.41, 5.74) is 2.64. The van der Waals surface area contributed by atoms with E-state index in [0.717, 1.165) is 34.0 Å². The highest BCUT2D eigenvalue weighted by Crippen LogP contribution is 2.45. The van der Waals surface area contributed by atoms with Crippen molar-refractivity contribution < 1.29 is 19.4 Å². The summed E-state index contributed by atoms with van der Waals surface area (Å²) >= 11 is 3.70. The maximum Gasteiger partial charge on any atom is 0.252 e. The summed E-state index contributed by atoms with van der Waals surface area (Å²) in [6, 6.07) is 35.6. The van der Waals surface area contributed by atoms with E-state index < -0.39 is 11.6 Å². The molecular formula is C37H37BrN2O4. The Kier molecular flexibility index (Phi) is 11.0. The van der Waals surface area contributed by atoms with E-state index in [1.807, 2.05) is 109 Å². The second-order valence-electron chi connectivity index (χ2n) is 10.7. The summed E-state index contributed by atoms with van der Waals surface area (Å²) in [7, 11) is 0. The van der Waals surface area contributed by atoms with Gasteiger partial charge in [-0.2, -0.15) is 0 Å². The van der Waals surface area contributed by atoms with Crippen molar-refractivity contribution in [2.45, 2.75) is 37.3 Å². The van der Waals surface area contributed by atoms with Gasteiger partial charge in [-0.3, -0.25) is 4.79 Å². The van der Waals surface area contributed by atoms with Crippen molar-refractivity contribution in [2.75, 3.05) is 19.8 Å². The van der Waals surface area contributed by atoms with Crippen LogP contribution in [-0.4, -0.2) is 42.2 Å². The largest absolute Gasteiger partial charge is 0.494 e. The summed E-state index contributed by atoms with van der Waals surface area (Å²) in [6.45, 7) is 1.03. The Morgan fingerprint density at radius 2 is 1.64 bits per heavy atom. The monoisotopic (exact) mass is 652 g/mol. The minimum Gasteiger partial charge on any atom is -0.494 e. The Hall–Kier alpha value is -4.20. The Bertz CT molecular complexity index is 1560. The van der Waals surface area contributed by atoms with Crippen LogP contribution in [0.2, 0.25) is 0 Å². The first-order valence-electron chi connectivity index (χ1n) is 15.0. The number of aliphatic imine (C=N–C) groups is 1. The molecule has 0 saturated carbocycles. The van der Waals surface area contributed by atoms with Crippen molar-refractivity contribution in [2.24, 2.45) is 4.99 Å². The molecule has 0 spiro atoms. The Morgan fingerprint density at radius 1 is 0.932 bits per heavy atom. The number of carbonyl (C=O) groups excluding carboxylic acids is 1. The molecule has 0 unspecified atom stereocenters. The van der Waals surface area contributed by atoms with E-state index in [4.69, 9.17) is 19.6 Å². The van der Waals surface area contributed by atoms with Crippen LogP contribution in [0.3, 0.4) is 0 Å². The number of rotatable bonds is 14. The number of hydrogen-bond acceptors (Lipinski definition) is 5. The van der Waals surface area contributed by atoms with Gasteiger partial charge in [-0.1, -0.05) is 107 Å². The van der Waals surface area contributed by atoms with Crippen LogP contribution in [0.25, 0.3) is 6.08 Å². The van der Waals surface area contributed by atoms with Crippen molar-refractivity contribution >= 4 is 33.8 Å². The van der Waals surface area contributed by atoms with Crippen LogP contribution in [0.5, 0.6) is 5.75 Å². The first kappa shape index (κ1) is 31.2. The molecule has 1 amide bonds. The van der Waals surface area contributed by atoms with Crippen molar-refractivity contribution in [1.29, 1.82) is 0 Å². The zero-order chi connectivity index (χ0) is 30.6. The fraction of sp³-hybridized carbons (Fsp3) is 0.243. The summed E-state index contributed by atoms with van der Waals surface area (Å²) < 4.78 is 13.2. The molecule has 226 valence electrons. The lowest BCUT2D eigenvalue weighted by atomic mass is 9.84. The molecule has 5 rings (SSSR count). The van der Waals surface area contributed by atoms with Crippen LogP contribution in [0.1, 0.15) is 47.6 Å². The van der Waals surface area contributed by atoms with Crippen molar-refractivity contribution in [3.63, 3.8) is 0 Å². The molecule has 4 aromatic rings. The molecule has 7 heteroatoms. The first-order valence-corrected chi connectivity index (χ1v) is 15.8. The van der Waals surface area contributed by atoms with Gasteiger partial charge >= 0.3 is 0 Å². The number of aryl methyl sites for hydroxylation is 1. The van der Waals surface area contributed by atoms with Gasteiger partial charge in [0.2, 0.25) is 5.90 Å². The summed E-state index contributed by atoms with van der Waals surface area (Å²) in [4.78, 5) is 19.4. The maximum absolute atomic E-state index is 14.3. The van der Waals surface area contributed by atoms with Crippen LogP contribution in [-0.2, 0) is 16.0 Å². The van der Waals surface area contributed by atoms with Crippen molar-refractivity contribution in [3.05, 3.63) is 142 Å². The second kappa shape index (κ2) is 15.5. The molecule has 6 nitrogen and oxygen atoms in total. The molecule has 0 radical (unpaired) electrons. The smallest absolute Gasteiger partial charge is 0.252 e. The van der Waals surface area contributed by atoms with Crippen LogP contribution in [0.4, 0.5) is 0 Å². The fourth-order valence-electron chi connectivity index (χ4n) is 5.21. The Labute approximate surface area is 267 Å². The number of hydrogen-bond donors (Lipinski definition) is 2. The van der Waals surface area contributed by atoms with Gasteiger partial charge in [0, 0.05) is 41.6 Å². The minimum atomic E-state index is -1.24. The molecular weight excluding hydrogens is 616 g/mol. The third kappa shape index (κ3) is 7.84. The summed E-state index contributed by atoms with van der Waals surface area (Å²) in [6.07, 6.45) is 5.94. The normalized spacial score (nSPS) is 17.7. The molecule has 2 atom stereocenters. The van der Waals surface area contributed by atoms with Crippen LogP contribution in [0, 0.1) is 0 Å². The van der Waals surface area contributed by atoms with Gasteiger partial charge in [-0.15, -0.1) is 0 Å². The zero-order valence-corrected chi connectivity index (χ0v) is 26.2. The third-order valence-electron chi connectivity index (χ3n) is 7.53. The standard InChI is InChI=1S/C37H37BrN2O4/c38-33-19-8-7-18-32(33)34-37(24-9-16-28-12-3-1-4-13-28,36(42)39-25-10-17-29-14-5-2-6-15-29)40-35(44-34)30-20-22-31(23-21-30)43-27-11-26-41/h1-9,12-16,18-23,34,41H,10-11,17,24-27H2,(H,39,42)/b16-9+/t34-,37-/m1/s1. The lowest BCUT2D eigenvalue weighted by Crippen LogP contribution is -2.48. The van der Waals surface area contributed by atoms with Crippen molar-refractivity contribution in [1.82, 2.24) is 5.32 Å². The average molecular weight is 654 g/mol. The first-order chi connectivity index (χ1) is 21.6. The number of carbonyl (C=O) groups is 1. The number of nitrogens with one attached hydrogen (secondary N) is 1. The summed E-state index contributed by atoms with van der Waals surface area (Å²) in [5, 5.41) is 12.3. The number of ether oxygens (including phenoxy) is 2. The number of aliphatic hydroxyl groups is 1. The number of halogens is 1. The predicted octanol–water partition coefficient (Wildman–Crippen LogP) is 7.32. The van der Waals surface area contributed by atoms with Gasteiger partial charge in [0.1, 0.15) is 5.75 Å². The quantitative estimate of drug-likeness (QED) is 0.140. The molecule has 4 aromatic carbocycles. The Morgan fingerprint density at radius 3 is 2.36 bits per heavy atom. The molecule has 1 heterocycles. The molecule has 0 aliphatic carbocycles. The van der Waals surface area contributed by atoms with Crippen LogP contribution < -0.4 is 10.1 Å². The van der Waals surface area contributed by atoms with Gasteiger partial charge in [0.15, 0.2) is 11.6 Å². The lowest BCUT2D eigenvalue weighted by Gasteiger charge is -2.30. The average Bonchev–Trinajstić information content (AvgIpc) is 3.45. The molecule has 2 N–H and O–H groups in total. The minimum absolute atomic E-state index is 0.0777. The molecule has 1 aliphatic heterocycles. The summed E-state index contributed by atoms with van der Waals surface area (Å²) in [5.74, 6) is 0.916. The van der Waals surface area contributed by atoms with E-state index >= 15 is 0 Å². The zero-order valence-electron chi connectivity index (χ0n) is 24.6. The molecule has 0 fully saturated rings. The predicted molar refractivity (Wildman–Crippen MR) is 179 cm³/mol. The van der Waals surface area contributed by atoms with E-state index in [-0.39, 0.29) is 12.5 Å². The molecule has 0 bridgehead atoms. The Balaban J connectivity index is 1.46. The molecule has 0 aromatic heterocycles. The van der Waals surface area contributed by atoms with E-state index in [1.165, 1.54) is 5.56 Å². The lowest BCUT2D eigenvalue weighted by molar-refractivity contribution is -0.128. The highest BCUT2D eigenvalue weighted by molar-refractivity contribution is 9.10. The molecule has 0 saturated heterocycles. The highest BCUT2D eigenvalue weighted by Gasteiger charge is 2.53. The van der Waals surface area contributed by atoms with Crippen LogP contribution in [0.15, 0.2) is 125 Å². The number of aliphatic hydroxyl groups excluding tert-OH is 1. The van der Waals surface area contributed by atoms with Gasteiger partial charge in [-0.05, 0) is 54.3 Å². The van der Waals surface area contributed by atoms with E-state index in [2.05, 4.69) is 33.4 Å². The SMILES string of the molecule is O=C(NCCCc1ccccc1)[C@]1(C/C=C/c2ccccc2)N=C(c2ccc(OCCCO)cc2)O[C@@H]1c1ccccc1Br. The van der Waals surface area contributed by atoms with E-state index in [1.54, 1.807) is 0 Å². The van der Waals surface area contributed by atoms with Gasteiger partial charge in [0.25, 0.3) is 5.91 Å². The van der Waals surface area contributed by atoms with Gasteiger partial charge in [0.05, 0.1) is 6.61 Å². The highest BCUT2D eigenvalue weighted by atomic mass is 79.9. The van der Waals surface area contributed by atoms with Crippen molar-refractivity contribution in [3.8, 4) is 5.75 Å². The van der Waals surface area contributed by atoms with E-state index in [9.17, 15) is 4.79 Å². The fourth-order valence-corrected chi connectivity index (χ4v) is 5.70. The van der Waals surface area contributed by atoms with Gasteiger partial charge < -0.3 is 19.9 Å². The number of benzene rings is 4. The maximum atomic E-state index is 14.3. The molecule has 44 heavy (non-hydrogen) atoms. The second-order valence-corrected chi connectivity index (χ2v) is 11.5. The number of amides is 1. The van der Waals surface area contributed by atoms with Crippen LogP contribution >= 0.6 is 15.9 Å². The third-order valence-corrected chi connectivity index (χ3v) is 8.25. The van der Waals surface area contributed by atoms with Gasteiger partial charge in [-0.25, -0.2) is 4.99 Å². The number of nitrogens with zero attached hydrogens (tertiary/aromatic N) is 1. The van der Waals surface area contributed by atoms with E-state index in [0.29, 0.717) is 37.6 Å².